The van der Waals surface area contributed by atoms with Crippen LogP contribution in [0.15, 0.2) is 87.6 Å². The van der Waals surface area contributed by atoms with Crippen LogP contribution in [-0.2, 0) is 39.3 Å². The van der Waals surface area contributed by atoms with Gasteiger partial charge in [-0.1, -0.05) is 53.6 Å². The Morgan fingerprint density at radius 3 is 2.48 bits per heavy atom. The summed E-state index contributed by atoms with van der Waals surface area (Å²) in [4.78, 5) is 43.1. The largest absolute Gasteiger partial charge is 0.465 e. The molecule has 2 aliphatic heterocycles. The van der Waals surface area contributed by atoms with Crippen LogP contribution in [-0.4, -0.2) is 58.5 Å². The number of aromatic amines is 1. The van der Waals surface area contributed by atoms with Crippen LogP contribution in [0.1, 0.15) is 44.4 Å². The number of hydrogen-bond donors (Lipinski definition) is 2. The summed E-state index contributed by atoms with van der Waals surface area (Å²) in [6.07, 6.45) is 0.656. The standard InChI is InChI=1S/C31H35N6O10P/c1-2-42-28(39)23(19-21-11-5-3-6-12-21)34-48(41,47-22-13-7-4-8-14-22)43-20-31(35-36-32)26-25(44-30(45-26)16-9-10-17-30)27(46-31)37-18-15-24(38)33-29(37)40/h3-8,11-15,18,23,25-27H,2,9-10,16-17,19-20H2,1H3,(H,34,41)(H,33,38,40)/t23-,25+,26-,27+,31+,48?/m0/s1. The first-order valence-electron chi connectivity index (χ1n) is 15.6. The Bertz CT molecular complexity index is 1810. The third kappa shape index (κ3) is 7.10. The zero-order chi connectivity index (χ0) is 33.8. The Hall–Kier alpha value is -4.27. The molecule has 3 heterocycles. The van der Waals surface area contributed by atoms with E-state index in [0.717, 1.165) is 29.0 Å². The number of ether oxygens (including phenoxy) is 4. The van der Waals surface area contributed by atoms with Gasteiger partial charge in [0.2, 0.25) is 5.72 Å². The van der Waals surface area contributed by atoms with Gasteiger partial charge >= 0.3 is 19.4 Å². The fourth-order valence-electron chi connectivity index (χ4n) is 6.18. The topological polar surface area (TPSA) is 205 Å². The van der Waals surface area contributed by atoms with Crippen molar-refractivity contribution in [3.05, 3.63) is 110 Å². The molecule has 6 atom stereocenters. The number of esters is 1. The van der Waals surface area contributed by atoms with Gasteiger partial charge in [-0.2, -0.15) is 5.09 Å². The minimum atomic E-state index is -4.53. The number of nitrogens with one attached hydrogen (secondary N) is 2. The summed E-state index contributed by atoms with van der Waals surface area (Å²) in [5.74, 6) is -1.58. The van der Waals surface area contributed by atoms with Crippen molar-refractivity contribution in [1.82, 2.24) is 14.6 Å². The molecular formula is C31H35N6O10P. The molecule has 2 N–H and O–H groups in total. The summed E-state index contributed by atoms with van der Waals surface area (Å²) < 4.78 is 52.0. The van der Waals surface area contributed by atoms with Crippen LogP contribution in [0, 0.1) is 0 Å². The molecule has 16 nitrogen and oxygen atoms in total. The van der Waals surface area contributed by atoms with E-state index in [1.807, 2.05) is 6.07 Å². The van der Waals surface area contributed by atoms with Gasteiger partial charge in [0.15, 0.2) is 12.0 Å². The van der Waals surface area contributed by atoms with Gasteiger partial charge < -0.3 is 23.5 Å². The van der Waals surface area contributed by atoms with Crippen molar-refractivity contribution in [2.24, 2.45) is 5.11 Å². The Morgan fingerprint density at radius 2 is 1.81 bits per heavy atom. The number of aromatic nitrogens is 2. The highest BCUT2D eigenvalue weighted by Crippen LogP contribution is 2.55. The van der Waals surface area contributed by atoms with Gasteiger partial charge in [0.1, 0.15) is 24.0 Å². The predicted octanol–water partition coefficient (Wildman–Crippen LogP) is 4.09. The Kier molecular flexibility index (Phi) is 9.85. The maximum Gasteiger partial charge on any atom is 0.459 e. The highest BCUT2D eigenvalue weighted by Gasteiger charge is 2.66. The summed E-state index contributed by atoms with van der Waals surface area (Å²) in [5, 5.41) is 6.68. The Morgan fingerprint density at radius 1 is 1.10 bits per heavy atom. The second-order valence-electron chi connectivity index (χ2n) is 11.6. The van der Waals surface area contributed by atoms with Gasteiger partial charge in [-0.25, -0.2) is 9.36 Å². The van der Waals surface area contributed by atoms with Crippen molar-refractivity contribution in [2.75, 3.05) is 13.2 Å². The third-order valence-corrected chi connectivity index (χ3v) is 9.87. The molecule has 1 saturated carbocycles. The van der Waals surface area contributed by atoms with E-state index in [1.54, 1.807) is 61.5 Å². The van der Waals surface area contributed by atoms with Crippen molar-refractivity contribution < 1.29 is 37.4 Å². The van der Waals surface area contributed by atoms with E-state index in [4.69, 9.17) is 28.0 Å². The van der Waals surface area contributed by atoms with Crippen LogP contribution in [0.3, 0.4) is 0 Å². The van der Waals surface area contributed by atoms with Crippen LogP contribution in [0.4, 0.5) is 0 Å². The van der Waals surface area contributed by atoms with E-state index < -0.39 is 67.6 Å². The molecule has 1 aliphatic carbocycles. The molecule has 3 aromatic rings. The van der Waals surface area contributed by atoms with Gasteiger partial charge in [0.05, 0.1) is 13.2 Å². The van der Waals surface area contributed by atoms with Crippen molar-refractivity contribution >= 4 is 13.7 Å². The monoisotopic (exact) mass is 682 g/mol. The number of carbonyl (C=O) groups excluding carboxylic acids is 1. The van der Waals surface area contributed by atoms with Gasteiger partial charge in [0, 0.05) is 30.0 Å². The predicted molar refractivity (Wildman–Crippen MR) is 169 cm³/mol. The zero-order valence-electron chi connectivity index (χ0n) is 26.0. The quantitative estimate of drug-likeness (QED) is 0.0863. The van der Waals surface area contributed by atoms with E-state index in [2.05, 4.69) is 20.1 Å². The van der Waals surface area contributed by atoms with Gasteiger partial charge in [-0.05, 0) is 49.4 Å². The average molecular weight is 683 g/mol. The fourth-order valence-corrected chi connectivity index (χ4v) is 7.69. The number of para-hydroxylation sites is 1. The molecule has 3 fully saturated rings. The number of fused-ring (bicyclic) bond motifs is 1. The minimum absolute atomic E-state index is 0.0675. The van der Waals surface area contributed by atoms with Crippen LogP contribution in [0.2, 0.25) is 0 Å². The second kappa shape index (κ2) is 14.1. The van der Waals surface area contributed by atoms with Crippen molar-refractivity contribution in [3.8, 4) is 5.75 Å². The first-order valence-corrected chi connectivity index (χ1v) is 17.1. The maximum atomic E-state index is 14.7. The molecule has 254 valence electrons. The lowest BCUT2D eigenvalue weighted by Crippen LogP contribution is -2.46. The highest BCUT2D eigenvalue weighted by molar-refractivity contribution is 7.52. The van der Waals surface area contributed by atoms with Crippen LogP contribution in [0.5, 0.6) is 5.75 Å². The highest BCUT2D eigenvalue weighted by atomic mass is 31.2. The lowest BCUT2D eigenvalue weighted by atomic mass is 10.1. The molecule has 1 spiro atoms. The third-order valence-electron chi connectivity index (χ3n) is 8.32. The molecule has 0 radical (unpaired) electrons. The Labute approximate surface area is 274 Å². The lowest BCUT2D eigenvalue weighted by Gasteiger charge is -2.33. The SMILES string of the molecule is CCOC(=O)[C@H](Cc1ccccc1)NP(=O)(OC[C@@]1(N=[N+]=[N-])O[C@@H](n2ccc(=O)[nH]c2=O)[C@@H]2OC3(CCCC3)O[C@@H]21)Oc1ccccc1. The smallest absolute Gasteiger partial charge is 0.459 e. The number of H-pyrrole nitrogens is 1. The number of benzene rings is 2. The Balaban J connectivity index is 1.35. The molecule has 0 bridgehead atoms. The van der Waals surface area contributed by atoms with Crippen LogP contribution >= 0.6 is 7.75 Å². The van der Waals surface area contributed by atoms with E-state index in [-0.39, 0.29) is 18.8 Å². The summed E-state index contributed by atoms with van der Waals surface area (Å²) in [5.41, 5.74) is 7.04. The average Bonchev–Trinajstić information content (AvgIpc) is 3.77. The molecule has 17 heteroatoms. The molecule has 48 heavy (non-hydrogen) atoms. The number of nitrogens with zero attached hydrogens (tertiary/aromatic N) is 4. The zero-order valence-corrected chi connectivity index (χ0v) is 26.9. The van der Waals surface area contributed by atoms with Crippen LogP contribution in [0.25, 0.3) is 10.4 Å². The van der Waals surface area contributed by atoms with E-state index >= 15 is 0 Å². The first kappa shape index (κ1) is 33.6. The molecule has 3 aliphatic rings. The summed E-state index contributed by atoms with van der Waals surface area (Å²) in [7, 11) is -4.53. The molecule has 2 aromatic carbocycles. The number of hydrogen-bond acceptors (Lipinski definition) is 11. The number of carbonyl (C=O) groups is 1. The summed E-state index contributed by atoms with van der Waals surface area (Å²) in [6, 6.07) is 17.2. The molecule has 6 rings (SSSR count). The summed E-state index contributed by atoms with van der Waals surface area (Å²) in [6.45, 7) is 0.999. The number of rotatable bonds is 13. The van der Waals surface area contributed by atoms with E-state index in [0.29, 0.717) is 12.8 Å². The van der Waals surface area contributed by atoms with Gasteiger partial charge in [-0.15, -0.1) is 0 Å². The second-order valence-corrected chi connectivity index (χ2v) is 13.3. The van der Waals surface area contributed by atoms with Gasteiger partial charge in [0.25, 0.3) is 5.56 Å². The van der Waals surface area contributed by atoms with E-state index in [1.165, 1.54) is 6.20 Å². The molecule has 1 unspecified atom stereocenters. The van der Waals surface area contributed by atoms with Crippen molar-refractivity contribution in [3.63, 3.8) is 0 Å². The summed E-state index contributed by atoms with van der Waals surface area (Å²) >= 11 is 0. The van der Waals surface area contributed by atoms with Crippen molar-refractivity contribution in [1.29, 1.82) is 0 Å². The molecule has 1 aromatic heterocycles. The van der Waals surface area contributed by atoms with E-state index in [9.17, 15) is 24.5 Å². The molecule has 0 amide bonds. The number of azide groups is 1. The first-order chi connectivity index (χ1) is 23.2. The molecular weight excluding hydrogens is 647 g/mol. The van der Waals surface area contributed by atoms with Crippen molar-refractivity contribution in [2.45, 2.75) is 75.0 Å². The fraction of sp³-hybridized carbons (Fsp3) is 0.452. The maximum absolute atomic E-state index is 14.7. The lowest BCUT2D eigenvalue weighted by molar-refractivity contribution is -0.237. The normalized spacial score (nSPS) is 25.9. The van der Waals surface area contributed by atoms with Gasteiger partial charge in [-0.3, -0.25) is 23.7 Å². The minimum Gasteiger partial charge on any atom is -0.465 e. The molecule has 2 saturated heterocycles. The van der Waals surface area contributed by atoms with Crippen LogP contribution < -0.4 is 20.9 Å².